The molecule has 0 saturated carbocycles. The molecule has 7 heteroatoms. The van der Waals surface area contributed by atoms with Crippen LogP contribution in [-0.4, -0.2) is 25.2 Å². The van der Waals surface area contributed by atoms with Gasteiger partial charge in [-0.05, 0) is 48.7 Å². The van der Waals surface area contributed by atoms with Crippen LogP contribution in [0.25, 0.3) is 0 Å². The molecule has 0 spiro atoms. The van der Waals surface area contributed by atoms with Gasteiger partial charge in [0.15, 0.2) is 11.5 Å². The van der Waals surface area contributed by atoms with Crippen LogP contribution in [0.5, 0.6) is 11.5 Å². The van der Waals surface area contributed by atoms with Gasteiger partial charge in [-0.1, -0.05) is 31.0 Å². The van der Waals surface area contributed by atoms with Crippen LogP contribution in [0.3, 0.4) is 0 Å². The number of hydrogen-bond donors (Lipinski definition) is 2. The minimum absolute atomic E-state index is 0.308. The summed E-state index contributed by atoms with van der Waals surface area (Å²) in [5, 5.41) is 5.51. The maximum Gasteiger partial charge on any atom is 0.326 e. The van der Waals surface area contributed by atoms with E-state index in [0.29, 0.717) is 41.0 Å². The highest BCUT2D eigenvalue weighted by Gasteiger charge is 2.16. The number of carbonyl (C=O) groups is 2. The van der Waals surface area contributed by atoms with Crippen LogP contribution < -0.4 is 20.1 Å². The van der Waals surface area contributed by atoms with Gasteiger partial charge in [-0.15, -0.1) is 0 Å². The number of rotatable bonds is 5. The molecule has 1 aliphatic heterocycles. The van der Waals surface area contributed by atoms with E-state index in [2.05, 4.69) is 17.6 Å². The highest BCUT2D eigenvalue weighted by atomic mass is 35.5. The van der Waals surface area contributed by atoms with Gasteiger partial charge in [-0.2, -0.15) is 0 Å². The smallest absolute Gasteiger partial charge is 0.326 e. The lowest BCUT2D eigenvalue weighted by atomic mass is 10.1. The van der Waals surface area contributed by atoms with Crippen molar-refractivity contribution in [3.05, 3.63) is 52.5 Å². The van der Waals surface area contributed by atoms with E-state index in [-0.39, 0.29) is 0 Å². The first-order valence-electron chi connectivity index (χ1n) is 8.87. The fraction of sp³-hybridized carbons (Fsp3) is 0.300. The van der Waals surface area contributed by atoms with Crippen LogP contribution >= 0.6 is 11.6 Å². The minimum atomic E-state index is -0.632. The zero-order valence-corrected chi connectivity index (χ0v) is 15.8. The predicted octanol–water partition coefficient (Wildman–Crippen LogP) is 4.42. The fourth-order valence-corrected chi connectivity index (χ4v) is 2.99. The summed E-state index contributed by atoms with van der Waals surface area (Å²) < 4.78 is 10.9. The normalized spacial score (nSPS) is 12.4. The number of imide groups is 1. The average molecular weight is 389 g/mol. The van der Waals surface area contributed by atoms with Crippen molar-refractivity contribution in [3.63, 3.8) is 0 Å². The molecule has 6 nitrogen and oxygen atoms in total. The second-order valence-corrected chi connectivity index (χ2v) is 6.58. The topological polar surface area (TPSA) is 76.7 Å². The van der Waals surface area contributed by atoms with Crippen LogP contribution in [0.15, 0.2) is 36.4 Å². The number of ether oxygens (including phenoxy) is 2. The molecule has 1 heterocycles. The third-order valence-corrected chi connectivity index (χ3v) is 4.49. The van der Waals surface area contributed by atoms with E-state index in [1.54, 1.807) is 30.3 Å². The highest BCUT2D eigenvalue weighted by molar-refractivity contribution is 6.31. The van der Waals surface area contributed by atoms with Gasteiger partial charge in [-0.25, -0.2) is 4.79 Å². The van der Waals surface area contributed by atoms with Crippen molar-refractivity contribution in [2.45, 2.75) is 26.2 Å². The Hall–Kier alpha value is -2.73. The van der Waals surface area contributed by atoms with E-state index >= 15 is 0 Å². The summed E-state index contributed by atoms with van der Waals surface area (Å²) in [5.74, 6) is 0.541. The van der Waals surface area contributed by atoms with E-state index < -0.39 is 11.9 Å². The van der Waals surface area contributed by atoms with Crippen molar-refractivity contribution >= 4 is 29.2 Å². The van der Waals surface area contributed by atoms with Crippen LogP contribution in [0.1, 0.15) is 35.7 Å². The Balaban J connectivity index is 1.60. The lowest BCUT2D eigenvalue weighted by Gasteiger charge is -2.18. The number of hydrogen-bond acceptors (Lipinski definition) is 4. The summed E-state index contributed by atoms with van der Waals surface area (Å²) in [7, 11) is 0. The van der Waals surface area contributed by atoms with Crippen molar-refractivity contribution in [1.82, 2.24) is 5.32 Å². The van der Waals surface area contributed by atoms with Crippen molar-refractivity contribution < 1.29 is 19.1 Å². The molecule has 2 aromatic rings. The number of anilines is 1. The summed E-state index contributed by atoms with van der Waals surface area (Å²) in [6.07, 6.45) is 3.03. The molecule has 27 heavy (non-hydrogen) atoms. The van der Waals surface area contributed by atoms with E-state index in [9.17, 15) is 9.59 Å². The van der Waals surface area contributed by atoms with Crippen molar-refractivity contribution in [3.8, 4) is 11.5 Å². The summed E-state index contributed by atoms with van der Waals surface area (Å²) in [4.78, 5) is 24.4. The third kappa shape index (κ3) is 4.92. The van der Waals surface area contributed by atoms with Gasteiger partial charge >= 0.3 is 6.03 Å². The molecule has 0 bridgehead atoms. The van der Waals surface area contributed by atoms with Crippen molar-refractivity contribution in [1.29, 1.82) is 0 Å². The van der Waals surface area contributed by atoms with Gasteiger partial charge < -0.3 is 14.8 Å². The molecule has 142 valence electrons. The minimum Gasteiger partial charge on any atom is -0.486 e. The van der Waals surface area contributed by atoms with Gasteiger partial charge in [0.25, 0.3) is 5.91 Å². The van der Waals surface area contributed by atoms with Crippen LogP contribution in [0.2, 0.25) is 5.02 Å². The molecule has 0 aliphatic carbocycles. The molecular weight excluding hydrogens is 368 g/mol. The van der Waals surface area contributed by atoms with Crippen molar-refractivity contribution in [2.24, 2.45) is 0 Å². The predicted molar refractivity (Wildman–Crippen MR) is 104 cm³/mol. The summed E-state index contributed by atoms with van der Waals surface area (Å²) in [5.41, 5.74) is 1.87. The monoisotopic (exact) mass is 388 g/mol. The molecule has 0 radical (unpaired) electrons. The number of unbranched alkanes of at least 4 members (excludes halogenated alkanes) is 1. The molecule has 1 aliphatic rings. The number of aryl methyl sites for hydroxylation is 1. The lowest BCUT2D eigenvalue weighted by molar-refractivity contribution is 0.0966. The maximum atomic E-state index is 12.3. The fourth-order valence-electron chi connectivity index (χ4n) is 2.72. The van der Waals surface area contributed by atoms with E-state index in [4.69, 9.17) is 21.1 Å². The standard InChI is InChI=1S/C20H21ClN2O4/c1-2-3-4-13-5-7-15(12-16(13)21)22-20(25)23-19(24)14-6-8-17-18(11-14)27-10-9-26-17/h5-8,11-12H,2-4,9-10H2,1H3,(H2,22,23,24,25). The zero-order valence-electron chi connectivity index (χ0n) is 15.0. The maximum absolute atomic E-state index is 12.3. The highest BCUT2D eigenvalue weighted by Crippen LogP contribution is 2.30. The molecule has 3 amide bonds. The Labute approximate surface area is 162 Å². The molecular formula is C20H21ClN2O4. The van der Waals surface area contributed by atoms with E-state index in [0.717, 1.165) is 24.8 Å². The number of amides is 3. The number of nitrogens with one attached hydrogen (secondary N) is 2. The Kier molecular flexibility index (Phi) is 6.19. The van der Waals surface area contributed by atoms with Gasteiger partial charge in [0.05, 0.1) is 0 Å². The summed E-state index contributed by atoms with van der Waals surface area (Å²) >= 11 is 6.25. The zero-order chi connectivity index (χ0) is 19.2. The van der Waals surface area contributed by atoms with Crippen LogP contribution in [-0.2, 0) is 6.42 Å². The molecule has 2 N–H and O–H groups in total. The number of carbonyl (C=O) groups excluding carboxylic acids is 2. The molecule has 0 unspecified atom stereocenters. The van der Waals surface area contributed by atoms with Gasteiger partial charge in [0.1, 0.15) is 13.2 Å². The van der Waals surface area contributed by atoms with Gasteiger partial charge in [0, 0.05) is 16.3 Å². The summed E-state index contributed by atoms with van der Waals surface area (Å²) in [6, 6.07) is 9.48. The Morgan fingerprint density at radius 3 is 2.59 bits per heavy atom. The second kappa shape index (κ2) is 8.77. The number of halogens is 1. The number of urea groups is 1. The first-order chi connectivity index (χ1) is 13.1. The van der Waals surface area contributed by atoms with Crippen LogP contribution in [0, 0.1) is 0 Å². The summed E-state index contributed by atoms with van der Waals surface area (Å²) in [6.45, 7) is 3.02. The largest absolute Gasteiger partial charge is 0.486 e. The molecule has 0 aromatic heterocycles. The SMILES string of the molecule is CCCCc1ccc(NC(=O)NC(=O)c2ccc3c(c2)OCCO3)cc1Cl. The van der Waals surface area contributed by atoms with Gasteiger partial charge in [0.2, 0.25) is 0 Å². The average Bonchev–Trinajstić information content (AvgIpc) is 2.67. The Morgan fingerprint density at radius 1 is 1.07 bits per heavy atom. The number of fused-ring (bicyclic) bond motifs is 1. The Morgan fingerprint density at radius 2 is 1.85 bits per heavy atom. The molecule has 2 aromatic carbocycles. The first kappa shape index (κ1) is 19.0. The van der Waals surface area contributed by atoms with E-state index in [1.807, 2.05) is 6.07 Å². The van der Waals surface area contributed by atoms with E-state index in [1.165, 1.54) is 0 Å². The quantitative estimate of drug-likeness (QED) is 0.795. The Bertz CT molecular complexity index is 854. The molecule has 3 rings (SSSR count). The van der Waals surface area contributed by atoms with Crippen LogP contribution in [0.4, 0.5) is 10.5 Å². The second-order valence-electron chi connectivity index (χ2n) is 6.18. The number of benzene rings is 2. The molecule has 0 fully saturated rings. The lowest BCUT2D eigenvalue weighted by Crippen LogP contribution is -2.34. The third-order valence-electron chi connectivity index (χ3n) is 4.14. The van der Waals surface area contributed by atoms with Crippen molar-refractivity contribution in [2.75, 3.05) is 18.5 Å². The van der Waals surface area contributed by atoms with Gasteiger partial charge in [-0.3, -0.25) is 10.1 Å². The molecule has 0 saturated heterocycles. The molecule has 0 atom stereocenters. The first-order valence-corrected chi connectivity index (χ1v) is 9.25.